The smallest absolute Gasteiger partial charge is 0.237 e. The lowest BCUT2D eigenvalue weighted by Gasteiger charge is -2.19. The Morgan fingerprint density at radius 3 is 2.61 bits per heavy atom. The van der Waals surface area contributed by atoms with E-state index in [1.54, 1.807) is 0 Å². The van der Waals surface area contributed by atoms with Gasteiger partial charge in [0, 0.05) is 26.1 Å². The van der Waals surface area contributed by atoms with Gasteiger partial charge < -0.3 is 16.0 Å². The zero-order chi connectivity index (χ0) is 16.8. The van der Waals surface area contributed by atoms with Crippen LogP contribution in [-0.4, -0.2) is 29.3 Å². The largest absolute Gasteiger partial charge is 0.351 e. The van der Waals surface area contributed by atoms with Crippen LogP contribution in [0.1, 0.15) is 44.2 Å². The van der Waals surface area contributed by atoms with Gasteiger partial charge in [-0.2, -0.15) is 0 Å². The Balaban J connectivity index is 1.95. The van der Waals surface area contributed by atoms with Crippen LogP contribution in [0.2, 0.25) is 0 Å². The fourth-order valence-electron chi connectivity index (χ4n) is 2.89. The van der Waals surface area contributed by atoms with Crippen molar-refractivity contribution in [1.29, 1.82) is 0 Å². The molecule has 1 aromatic carbocycles. The molecule has 0 spiro atoms. The molecule has 2 amide bonds. The zero-order valence-corrected chi connectivity index (χ0v) is 14.0. The molecule has 1 heterocycles. The number of nitrogens with one attached hydrogen (secondary N) is 1. The minimum atomic E-state index is -0.470. The zero-order valence-electron chi connectivity index (χ0n) is 14.0. The average molecular weight is 317 g/mol. The molecule has 0 unspecified atom stereocenters. The standard InChI is InChI=1S/C18H27N3O2/c1-13(2)10-16(19)18(23)20-11-14-6-3-4-7-15(14)12-21-9-5-8-17(21)22/h3-4,6-7,13,16H,5,8-12,19H2,1-2H3,(H,20,23)/t16-/m0/s1. The van der Waals surface area contributed by atoms with Gasteiger partial charge in [-0.1, -0.05) is 38.1 Å². The van der Waals surface area contributed by atoms with Gasteiger partial charge in [0.2, 0.25) is 11.8 Å². The molecule has 23 heavy (non-hydrogen) atoms. The highest BCUT2D eigenvalue weighted by Crippen LogP contribution is 2.17. The van der Waals surface area contributed by atoms with Crippen molar-refractivity contribution in [3.63, 3.8) is 0 Å². The molecule has 3 N–H and O–H groups in total. The highest BCUT2D eigenvalue weighted by molar-refractivity contribution is 5.81. The number of rotatable bonds is 7. The molecule has 5 heteroatoms. The molecule has 1 fully saturated rings. The van der Waals surface area contributed by atoms with Crippen LogP contribution < -0.4 is 11.1 Å². The van der Waals surface area contributed by atoms with Gasteiger partial charge in [-0.3, -0.25) is 9.59 Å². The SMILES string of the molecule is CC(C)C[C@H](N)C(=O)NCc1ccccc1CN1CCCC1=O. The van der Waals surface area contributed by atoms with Gasteiger partial charge >= 0.3 is 0 Å². The number of nitrogens with two attached hydrogens (primary N) is 1. The monoisotopic (exact) mass is 317 g/mol. The molecule has 0 aliphatic carbocycles. The summed E-state index contributed by atoms with van der Waals surface area (Å²) < 4.78 is 0. The number of benzene rings is 1. The second-order valence-corrected chi connectivity index (χ2v) is 6.64. The fourth-order valence-corrected chi connectivity index (χ4v) is 2.89. The predicted molar refractivity (Wildman–Crippen MR) is 90.4 cm³/mol. The summed E-state index contributed by atoms with van der Waals surface area (Å²) in [6, 6.07) is 7.45. The summed E-state index contributed by atoms with van der Waals surface area (Å²) in [7, 11) is 0. The van der Waals surface area contributed by atoms with Gasteiger partial charge in [0.05, 0.1) is 6.04 Å². The molecule has 1 atom stereocenters. The van der Waals surface area contributed by atoms with Crippen LogP contribution >= 0.6 is 0 Å². The fraction of sp³-hybridized carbons (Fsp3) is 0.556. The molecular weight excluding hydrogens is 290 g/mol. The van der Waals surface area contributed by atoms with E-state index < -0.39 is 6.04 Å². The van der Waals surface area contributed by atoms with Gasteiger partial charge in [-0.05, 0) is 29.9 Å². The summed E-state index contributed by atoms with van der Waals surface area (Å²) in [4.78, 5) is 25.7. The first kappa shape index (κ1) is 17.5. The number of likely N-dealkylation sites (tertiary alicyclic amines) is 1. The summed E-state index contributed by atoms with van der Waals surface area (Å²) in [5, 5.41) is 2.91. The van der Waals surface area contributed by atoms with Crippen molar-refractivity contribution in [2.45, 2.75) is 52.2 Å². The first-order valence-electron chi connectivity index (χ1n) is 8.35. The van der Waals surface area contributed by atoms with Crippen molar-refractivity contribution in [1.82, 2.24) is 10.2 Å². The third kappa shape index (κ3) is 5.06. The Hall–Kier alpha value is -1.88. The topological polar surface area (TPSA) is 75.4 Å². The van der Waals surface area contributed by atoms with Crippen LogP contribution in [0.25, 0.3) is 0 Å². The lowest BCUT2D eigenvalue weighted by Crippen LogP contribution is -2.41. The molecule has 0 radical (unpaired) electrons. The molecule has 126 valence electrons. The molecule has 1 saturated heterocycles. The number of carbonyl (C=O) groups excluding carboxylic acids is 2. The first-order chi connectivity index (χ1) is 11.0. The van der Waals surface area contributed by atoms with Crippen molar-refractivity contribution in [2.24, 2.45) is 11.7 Å². The van der Waals surface area contributed by atoms with Crippen molar-refractivity contribution < 1.29 is 9.59 Å². The van der Waals surface area contributed by atoms with Crippen LogP contribution in [0.3, 0.4) is 0 Å². The Bertz CT molecular complexity index is 557. The molecule has 1 aliphatic rings. The molecule has 0 saturated carbocycles. The summed E-state index contributed by atoms with van der Waals surface area (Å²) in [6.07, 6.45) is 2.25. The van der Waals surface area contributed by atoms with Crippen molar-refractivity contribution in [3.8, 4) is 0 Å². The second-order valence-electron chi connectivity index (χ2n) is 6.64. The van der Waals surface area contributed by atoms with Crippen LogP contribution in [0.5, 0.6) is 0 Å². The van der Waals surface area contributed by atoms with Gasteiger partial charge in [0.25, 0.3) is 0 Å². The van der Waals surface area contributed by atoms with Crippen LogP contribution in [0.15, 0.2) is 24.3 Å². The summed E-state index contributed by atoms with van der Waals surface area (Å²) >= 11 is 0. The number of amides is 2. The Morgan fingerprint density at radius 1 is 1.30 bits per heavy atom. The van der Waals surface area contributed by atoms with E-state index in [-0.39, 0.29) is 11.8 Å². The molecule has 2 rings (SSSR count). The Labute approximate surface area is 138 Å². The van der Waals surface area contributed by atoms with Gasteiger partial charge in [0.1, 0.15) is 0 Å². The maximum Gasteiger partial charge on any atom is 0.237 e. The van der Waals surface area contributed by atoms with E-state index in [1.165, 1.54) is 0 Å². The highest BCUT2D eigenvalue weighted by Gasteiger charge is 2.21. The second kappa shape index (κ2) is 8.11. The van der Waals surface area contributed by atoms with Crippen molar-refractivity contribution in [3.05, 3.63) is 35.4 Å². The van der Waals surface area contributed by atoms with Gasteiger partial charge in [-0.25, -0.2) is 0 Å². The van der Waals surface area contributed by atoms with E-state index in [0.717, 1.165) is 24.1 Å². The Morgan fingerprint density at radius 2 is 2.00 bits per heavy atom. The minimum absolute atomic E-state index is 0.120. The quantitative estimate of drug-likeness (QED) is 0.805. The molecule has 5 nitrogen and oxygen atoms in total. The normalized spacial score (nSPS) is 16.0. The molecule has 0 aromatic heterocycles. The summed E-state index contributed by atoms with van der Waals surface area (Å²) in [5.74, 6) is 0.484. The van der Waals surface area contributed by atoms with Crippen molar-refractivity contribution >= 4 is 11.8 Å². The molecule has 0 bridgehead atoms. The van der Waals surface area contributed by atoms with E-state index in [9.17, 15) is 9.59 Å². The van der Waals surface area contributed by atoms with E-state index in [0.29, 0.717) is 31.8 Å². The van der Waals surface area contributed by atoms with Crippen LogP contribution in [0.4, 0.5) is 0 Å². The van der Waals surface area contributed by atoms with E-state index >= 15 is 0 Å². The van der Waals surface area contributed by atoms with Gasteiger partial charge in [0.15, 0.2) is 0 Å². The number of hydrogen-bond donors (Lipinski definition) is 2. The number of hydrogen-bond acceptors (Lipinski definition) is 3. The van der Waals surface area contributed by atoms with Crippen LogP contribution in [0, 0.1) is 5.92 Å². The lowest BCUT2D eigenvalue weighted by atomic mass is 10.0. The number of nitrogens with zero attached hydrogens (tertiary/aromatic N) is 1. The minimum Gasteiger partial charge on any atom is -0.351 e. The molecule has 1 aromatic rings. The van der Waals surface area contributed by atoms with E-state index in [4.69, 9.17) is 5.73 Å². The highest BCUT2D eigenvalue weighted by atomic mass is 16.2. The Kier molecular flexibility index (Phi) is 6.16. The van der Waals surface area contributed by atoms with E-state index in [1.807, 2.05) is 29.2 Å². The van der Waals surface area contributed by atoms with E-state index in [2.05, 4.69) is 19.2 Å². The first-order valence-corrected chi connectivity index (χ1v) is 8.35. The third-order valence-electron chi connectivity index (χ3n) is 4.17. The average Bonchev–Trinajstić information content (AvgIpc) is 2.90. The number of carbonyl (C=O) groups is 2. The predicted octanol–water partition coefficient (Wildman–Crippen LogP) is 1.80. The molecule has 1 aliphatic heterocycles. The summed E-state index contributed by atoms with van der Waals surface area (Å²) in [6.45, 7) is 5.98. The van der Waals surface area contributed by atoms with Crippen LogP contribution in [-0.2, 0) is 22.7 Å². The summed E-state index contributed by atoms with van der Waals surface area (Å²) in [5.41, 5.74) is 8.03. The maximum absolute atomic E-state index is 12.1. The third-order valence-corrected chi connectivity index (χ3v) is 4.17. The lowest BCUT2D eigenvalue weighted by molar-refractivity contribution is -0.128. The van der Waals surface area contributed by atoms with Gasteiger partial charge in [-0.15, -0.1) is 0 Å². The van der Waals surface area contributed by atoms with Crippen molar-refractivity contribution in [2.75, 3.05) is 6.54 Å². The maximum atomic E-state index is 12.1. The molecular formula is C18H27N3O2.